The lowest BCUT2D eigenvalue weighted by Gasteiger charge is -2.30. The molecule has 4 nitrogen and oxygen atoms in total. The van der Waals surface area contributed by atoms with E-state index in [0.29, 0.717) is 20.8 Å². The van der Waals surface area contributed by atoms with Gasteiger partial charge in [-0.25, -0.2) is 4.79 Å². The van der Waals surface area contributed by atoms with E-state index < -0.39 is 12.0 Å². The third kappa shape index (κ3) is 3.38. The second-order valence-electron chi connectivity index (χ2n) is 5.16. The van der Waals surface area contributed by atoms with Gasteiger partial charge >= 0.3 is 5.97 Å². The Balaban J connectivity index is 2.41. The van der Waals surface area contributed by atoms with Crippen molar-refractivity contribution in [1.29, 1.82) is 0 Å². The van der Waals surface area contributed by atoms with E-state index in [0.717, 1.165) is 0 Å². The molecule has 0 aromatic heterocycles. The molecule has 21 heavy (non-hydrogen) atoms. The lowest BCUT2D eigenvalue weighted by Crippen LogP contribution is -2.47. The minimum atomic E-state index is -0.975. The van der Waals surface area contributed by atoms with Crippen LogP contribution in [0.3, 0.4) is 0 Å². The Hall–Kier alpha value is -0.720. The molecule has 0 saturated carbocycles. The molecule has 1 amide bonds. The van der Waals surface area contributed by atoms with Gasteiger partial charge < -0.3 is 10.0 Å². The van der Waals surface area contributed by atoms with E-state index in [9.17, 15) is 14.7 Å². The van der Waals surface area contributed by atoms with Crippen LogP contribution < -0.4 is 0 Å². The van der Waals surface area contributed by atoms with Gasteiger partial charge in [-0.2, -0.15) is 0 Å². The molecular weight excluding hydrogens is 378 g/mol. The summed E-state index contributed by atoms with van der Waals surface area (Å²) in [5.41, 5.74) is 0.391. The first-order chi connectivity index (χ1) is 9.82. The zero-order valence-corrected chi connectivity index (χ0v) is 14.7. The summed E-state index contributed by atoms with van der Waals surface area (Å²) in [6, 6.07) is 4.13. The standard InChI is InChI=1S/C14H15BrClNO3S/c1-7(2)13-17(11(6-21-13)14(19)20)12(18)9-5-8(16)3-4-10(9)15/h3-5,7,11,13H,6H2,1-2H3,(H,19,20). The monoisotopic (exact) mass is 391 g/mol. The highest BCUT2D eigenvalue weighted by molar-refractivity contribution is 9.10. The van der Waals surface area contributed by atoms with Crippen molar-refractivity contribution >= 4 is 51.2 Å². The molecule has 1 heterocycles. The van der Waals surface area contributed by atoms with Gasteiger partial charge in [-0.1, -0.05) is 25.4 Å². The van der Waals surface area contributed by atoms with Crippen LogP contribution in [0.2, 0.25) is 5.02 Å². The molecule has 1 saturated heterocycles. The molecule has 1 fully saturated rings. The summed E-state index contributed by atoms with van der Waals surface area (Å²) in [5.74, 6) is -0.707. The number of halogens is 2. The van der Waals surface area contributed by atoms with Gasteiger partial charge in [0.05, 0.1) is 10.9 Å². The van der Waals surface area contributed by atoms with Crippen LogP contribution >= 0.6 is 39.3 Å². The third-order valence-electron chi connectivity index (χ3n) is 3.28. The fourth-order valence-electron chi connectivity index (χ4n) is 2.29. The summed E-state index contributed by atoms with van der Waals surface area (Å²) in [4.78, 5) is 25.7. The van der Waals surface area contributed by atoms with Gasteiger partial charge in [0.25, 0.3) is 5.91 Å². The van der Waals surface area contributed by atoms with E-state index in [1.54, 1.807) is 18.2 Å². The number of rotatable bonds is 3. The van der Waals surface area contributed by atoms with Crippen LogP contribution in [-0.2, 0) is 4.79 Å². The van der Waals surface area contributed by atoms with Crippen molar-refractivity contribution in [2.24, 2.45) is 5.92 Å². The second kappa shape index (κ2) is 6.58. The van der Waals surface area contributed by atoms with Gasteiger partial charge in [-0.3, -0.25) is 4.79 Å². The van der Waals surface area contributed by atoms with E-state index in [-0.39, 0.29) is 17.2 Å². The molecule has 2 unspecified atom stereocenters. The smallest absolute Gasteiger partial charge is 0.327 e. The topological polar surface area (TPSA) is 57.6 Å². The van der Waals surface area contributed by atoms with Gasteiger partial charge in [0.1, 0.15) is 6.04 Å². The number of carbonyl (C=O) groups is 2. The van der Waals surface area contributed by atoms with Crippen LogP contribution in [0.5, 0.6) is 0 Å². The number of carboxylic acids is 1. The van der Waals surface area contributed by atoms with E-state index in [1.807, 2.05) is 13.8 Å². The molecule has 1 N–H and O–H groups in total. The summed E-state index contributed by atoms with van der Waals surface area (Å²) in [6.45, 7) is 3.96. The zero-order chi connectivity index (χ0) is 15.7. The average molecular weight is 393 g/mol. The summed E-state index contributed by atoms with van der Waals surface area (Å²) in [7, 11) is 0. The van der Waals surface area contributed by atoms with E-state index in [2.05, 4.69) is 15.9 Å². The van der Waals surface area contributed by atoms with Crippen molar-refractivity contribution in [2.75, 3.05) is 5.75 Å². The lowest BCUT2D eigenvalue weighted by molar-refractivity contribution is -0.141. The quantitative estimate of drug-likeness (QED) is 0.851. The van der Waals surface area contributed by atoms with Gasteiger partial charge in [0.15, 0.2) is 0 Å². The molecule has 2 rings (SSSR count). The van der Waals surface area contributed by atoms with Crippen molar-refractivity contribution < 1.29 is 14.7 Å². The Kier molecular flexibility index (Phi) is 5.22. The van der Waals surface area contributed by atoms with Crippen molar-refractivity contribution in [1.82, 2.24) is 4.90 Å². The van der Waals surface area contributed by atoms with Gasteiger partial charge in [0.2, 0.25) is 0 Å². The van der Waals surface area contributed by atoms with Crippen LogP contribution in [0.4, 0.5) is 0 Å². The average Bonchev–Trinajstić information content (AvgIpc) is 2.85. The van der Waals surface area contributed by atoms with Crippen molar-refractivity contribution in [3.05, 3.63) is 33.3 Å². The lowest BCUT2D eigenvalue weighted by atomic mass is 10.1. The molecule has 2 atom stereocenters. The van der Waals surface area contributed by atoms with Gasteiger partial charge in [0, 0.05) is 15.2 Å². The molecule has 1 aliphatic heterocycles. The normalized spacial score (nSPS) is 21.9. The highest BCUT2D eigenvalue weighted by Crippen LogP contribution is 2.36. The number of carbonyl (C=O) groups excluding carboxylic acids is 1. The van der Waals surface area contributed by atoms with Crippen molar-refractivity contribution in [3.63, 3.8) is 0 Å². The molecule has 7 heteroatoms. The van der Waals surface area contributed by atoms with Gasteiger partial charge in [-0.05, 0) is 40.0 Å². The number of nitrogens with zero attached hydrogens (tertiary/aromatic N) is 1. The van der Waals surface area contributed by atoms with Crippen LogP contribution in [0.15, 0.2) is 22.7 Å². The molecule has 0 aliphatic carbocycles. The number of aliphatic carboxylic acids is 1. The van der Waals surface area contributed by atoms with Crippen LogP contribution in [0.25, 0.3) is 0 Å². The number of benzene rings is 1. The largest absolute Gasteiger partial charge is 0.480 e. The second-order valence-corrected chi connectivity index (χ2v) is 7.60. The maximum Gasteiger partial charge on any atom is 0.327 e. The summed E-state index contributed by atoms with van der Waals surface area (Å²) < 4.78 is 0.612. The maximum atomic E-state index is 12.8. The van der Waals surface area contributed by atoms with Crippen LogP contribution in [-0.4, -0.2) is 39.1 Å². The van der Waals surface area contributed by atoms with E-state index >= 15 is 0 Å². The fourth-order valence-corrected chi connectivity index (χ4v) is 4.35. The number of hydrogen-bond acceptors (Lipinski definition) is 3. The van der Waals surface area contributed by atoms with Crippen molar-refractivity contribution in [3.8, 4) is 0 Å². The predicted molar refractivity (Wildman–Crippen MR) is 87.8 cm³/mol. The summed E-state index contributed by atoms with van der Waals surface area (Å²) in [5, 5.41) is 9.65. The van der Waals surface area contributed by atoms with Crippen LogP contribution in [0.1, 0.15) is 24.2 Å². The summed E-state index contributed by atoms with van der Waals surface area (Å²) in [6.07, 6.45) is 0. The molecule has 1 aliphatic rings. The third-order valence-corrected chi connectivity index (χ3v) is 5.83. The zero-order valence-electron chi connectivity index (χ0n) is 11.5. The molecule has 0 spiro atoms. The predicted octanol–water partition coefficient (Wildman–Crippen LogP) is 3.73. The van der Waals surface area contributed by atoms with Crippen molar-refractivity contribution in [2.45, 2.75) is 25.3 Å². The minimum Gasteiger partial charge on any atom is -0.480 e. The number of thioether (sulfide) groups is 1. The molecule has 1 aromatic rings. The highest BCUT2D eigenvalue weighted by atomic mass is 79.9. The van der Waals surface area contributed by atoms with Gasteiger partial charge in [-0.15, -0.1) is 11.8 Å². The first kappa shape index (κ1) is 16.6. The molecular formula is C14H15BrClNO3S. The minimum absolute atomic E-state index is 0.149. The Bertz CT molecular complexity index is 581. The van der Waals surface area contributed by atoms with E-state index in [1.165, 1.54) is 16.7 Å². The fraction of sp³-hybridized carbons (Fsp3) is 0.429. The highest BCUT2D eigenvalue weighted by Gasteiger charge is 2.43. The Morgan fingerprint density at radius 3 is 2.71 bits per heavy atom. The maximum absolute atomic E-state index is 12.8. The van der Waals surface area contributed by atoms with E-state index in [4.69, 9.17) is 11.6 Å². The first-order valence-electron chi connectivity index (χ1n) is 6.45. The summed E-state index contributed by atoms with van der Waals surface area (Å²) >= 11 is 10.8. The Labute approximate surface area is 141 Å². The molecule has 114 valence electrons. The number of carboxylic acid groups (broad SMARTS) is 1. The SMILES string of the molecule is CC(C)C1SCC(C(=O)O)N1C(=O)c1cc(Cl)ccc1Br. The number of amides is 1. The first-order valence-corrected chi connectivity index (χ1v) is 8.67. The molecule has 1 aromatic carbocycles. The van der Waals surface area contributed by atoms with Crippen LogP contribution in [0, 0.1) is 5.92 Å². The Morgan fingerprint density at radius 2 is 2.14 bits per heavy atom. The molecule has 0 radical (unpaired) electrons. The molecule has 0 bridgehead atoms. The Morgan fingerprint density at radius 1 is 1.48 bits per heavy atom. The number of hydrogen-bond donors (Lipinski definition) is 1.